The Bertz CT molecular complexity index is 827. The van der Waals surface area contributed by atoms with Crippen LogP contribution in [0.5, 0.6) is 0 Å². The highest BCUT2D eigenvalue weighted by molar-refractivity contribution is 5.93. The number of aryl methyl sites for hydroxylation is 1. The van der Waals surface area contributed by atoms with E-state index in [1.54, 1.807) is 0 Å². The second-order valence-corrected chi connectivity index (χ2v) is 7.65. The number of rotatable bonds is 3. The Morgan fingerprint density at radius 2 is 1.92 bits per heavy atom. The van der Waals surface area contributed by atoms with Gasteiger partial charge in [-0.1, -0.05) is 18.2 Å². The molecule has 0 spiro atoms. The van der Waals surface area contributed by atoms with Gasteiger partial charge in [-0.3, -0.25) is 9.78 Å². The van der Waals surface area contributed by atoms with Gasteiger partial charge in [-0.15, -0.1) is 0 Å². The second-order valence-electron chi connectivity index (χ2n) is 7.65. The molecule has 2 atom stereocenters. The Kier molecular flexibility index (Phi) is 4.57. The van der Waals surface area contributed by atoms with E-state index in [2.05, 4.69) is 36.9 Å². The number of carbonyl (C=O) groups is 1. The molecule has 26 heavy (non-hydrogen) atoms. The number of piperidine rings is 1. The van der Waals surface area contributed by atoms with Crippen LogP contribution in [0, 0.1) is 25.7 Å². The van der Waals surface area contributed by atoms with Crippen molar-refractivity contribution in [1.29, 1.82) is 0 Å². The third kappa shape index (κ3) is 2.94. The predicted octanol–water partition coefficient (Wildman–Crippen LogP) is 2.96. The van der Waals surface area contributed by atoms with Crippen LogP contribution in [-0.2, 0) is 9.53 Å². The lowest BCUT2D eigenvalue weighted by Gasteiger charge is -2.38. The fourth-order valence-electron chi connectivity index (χ4n) is 4.65. The maximum atomic E-state index is 11.7. The van der Waals surface area contributed by atoms with Crippen molar-refractivity contribution in [3.63, 3.8) is 0 Å². The molecule has 2 aromatic rings. The molecule has 5 nitrogen and oxygen atoms in total. The van der Waals surface area contributed by atoms with Crippen LogP contribution in [0.4, 0.5) is 5.69 Å². The minimum Gasteiger partial charge on any atom is -0.377 e. The molecule has 0 radical (unpaired) electrons. The molecule has 0 unspecified atom stereocenters. The highest BCUT2D eigenvalue weighted by Crippen LogP contribution is 2.37. The smallest absolute Gasteiger partial charge is 0.223 e. The van der Waals surface area contributed by atoms with E-state index in [-0.39, 0.29) is 17.9 Å². The van der Waals surface area contributed by atoms with E-state index in [1.165, 1.54) is 16.6 Å². The zero-order chi connectivity index (χ0) is 18.3. The van der Waals surface area contributed by atoms with Gasteiger partial charge in [0.1, 0.15) is 0 Å². The Morgan fingerprint density at radius 1 is 1.19 bits per heavy atom. The molecular weight excluding hydrogens is 326 g/mol. The Labute approximate surface area is 154 Å². The minimum atomic E-state index is -0.207. The van der Waals surface area contributed by atoms with E-state index in [0.717, 1.165) is 43.6 Å². The average Bonchev–Trinajstić information content (AvgIpc) is 3.13. The van der Waals surface area contributed by atoms with Crippen LogP contribution < -0.4 is 10.6 Å². The van der Waals surface area contributed by atoms with Crippen molar-refractivity contribution in [1.82, 2.24) is 4.98 Å². The van der Waals surface area contributed by atoms with Crippen LogP contribution in [0.3, 0.4) is 0 Å². The van der Waals surface area contributed by atoms with E-state index < -0.39 is 0 Å². The van der Waals surface area contributed by atoms with E-state index in [0.29, 0.717) is 12.5 Å². The number of para-hydroxylation sites is 1. The molecule has 1 aromatic carbocycles. The number of nitrogens with two attached hydrogens (primary N) is 1. The summed E-state index contributed by atoms with van der Waals surface area (Å²) in [6.07, 6.45) is 2.84. The van der Waals surface area contributed by atoms with E-state index in [4.69, 9.17) is 15.5 Å². The third-order valence-electron chi connectivity index (χ3n) is 6.17. The molecule has 0 aliphatic carbocycles. The lowest BCUT2D eigenvalue weighted by Crippen LogP contribution is -2.42. The van der Waals surface area contributed by atoms with Crippen LogP contribution in [0.15, 0.2) is 24.3 Å². The molecule has 2 aliphatic heterocycles. The van der Waals surface area contributed by atoms with Gasteiger partial charge in [0.2, 0.25) is 5.91 Å². The normalized spacial score (nSPS) is 24.3. The van der Waals surface area contributed by atoms with E-state index >= 15 is 0 Å². The highest BCUT2D eigenvalue weighted by Gasteiger charge is 2.39. The summed E-state index contributed by atoms with van der Waals surface area (Å²) in [6.45, 7) is 6.86. The first kappa shape index (κ1) is 17.3. The molecule has 2 saturated heterocycles. The summed E-state index contributed by atoms with van der Waals surface area (Å²) >= 11 is 0. The number of anilines is 1. The first-order chi connectivity index (χ1) is 12.6. The van der Waals surface area contributed by atoms with Crippen LogP contribution in [0.2, 0.25) is 0 Å². The topological polar surface area (TPSA) is 68.5 Å². The Balaban J connectivity index is 1.56. The maximum Gasteiger partial charge on any atom is 0.223 e. The summed E-state index contributed by atoms with van der Waals surface area (Å²) in [5.74, 6) is 0.0968. The van der Waals surface area contributed by atoms with Crippen molar-refractivity contribution in [2.24, 2.45) is 17.6 Å². The molecule has 4 rings (SSSR count). The quantitative estimate of drug-likeness (QED) is 0.921. The molecule has 1 amide bonds. The number of carbonyl (C=O) groups excluding carboxylic acids is 1. The number of hydrogen-bond acceptors (Lipinski definition) is 4. The lowest BCUT2D eigenvalue weighted by molar-refractivity contribution is -0.124. The monoisotopic (exact) mass is 353 g/mol. The summed E-state index contributed by atoms with van der Waals surface area (Å²) in [5, 5.41) is 1.22. The number of aromatic nitrogens is 1. The summed E-state index contributed by atoms with van der Waals surface area (Å²) in [4.78, 5) is 18.9. The second kappa shape index (κ2) is 6.88. The standard InChI is InChI=1S/C21H27N3O2/c1-13-14(2)23-18-6-4-3-5-16(18)19(13)24-10-7-15(8-11-24)20-17(21(22)25)9-12-26-20/h3-6,15,17,20H,7-12H2,1-2H3,(H2,22,25)/t17-,20+/m0/s1. The van der Waals surface area contributed by atoms with Gasteiger partial charge in [-0.25, -0.2) is 0 Å². The number of primary amides is 1. The van der Waals surface area contributed by atoms with Crippen molar-refractivity contribution in [2.45, 2.75) is 39.2 Å². The number of fused-ring (bicyclic) bond motifs is 1. The molecule has 138 valence electrons. The summed E-state index contributed by atoms with van der Waals surface area (Å²) < 4.78 is 5.89. The zero-order valence-electron chi connectivity index (χ0n) is 15.6. The van der Waals surface area contributed by atoms with Crippen molar-refractivity contribution >= 4 is 22.5 Å². The highest BCUT2D eigenvalue weighted by atomic mass is 16.5. The molecule has 0 bridgehead atoms. The molecular formula is C21H27N3O2. The number of ether oxygens (including phenoxy) is 1. The van der Waals surface area contributed by atoms with Gasteiger partial charge in [0, 0.05) is 30.8 Å². The molecule has 1 aromatic heterocycles. The van der Waals surface area contributed by atoms with Crippen molar-refractivity contribution in [3.8, 4) is 0 Å². The number of hydrogen-bond donors (Lipinski definition) is 1. The third-order valence-corrected chi connectivity index (χ3v) is 6.17. The summed E-state index contributed by atoms with van der Waals surface area (Å²) in [6, 6.07) is 8.38. The van der Waals surface area contributed by atoms with E-state index in [9.17, 15) is 4.79 Å². The predicted molar refractivity (Wildman–Crippen MR) is 103 cm³/mol. The number of amides is 1. The van der Waals surface area contributed by atoms with Crippen LogP contribution in [-0.4, -0.2) is 36.7 Å². The minimum absolute atomic E-state index is 0.00617. The molecule has 5 heteroatoms. The van der Waals surface area contributed by atoms with Gasteiger partial charge in [0.25, 0.3) is 0 Å². The van der Waals surface area contributed by atoms with Gasteiger partial charge >= 0.3 is 0 Å². The van der Waals surface area contributed by atoms with Crippen molar-refractivity contribution < 1.29 is 9.53 Å². The van der Waals surface area contributed by atoms with Crippen molar-refractivity contribution in [3.05, 3.63) is 35.5 Å². The van der Waals surface area contributed by atoms with Crippen LogP contribution in [0.1, 0.15) is 30.5 Å². The van der Waals surface area contributed by atoms with Gasteiger partial charge in [0.15, 0.2) is 0 Å². The number of benzene rings is 1. The van der Waals surface area contributed by atoms with Gasteiger partial charge < -0.3 is 15.4 Å². The van der Waals surface area contributed by atoms with Gasteiger partial charge in [-0.05, 0) is 50.7 Å². The molecule has 2 aliphatic rings. The van der Waals surface area contributed by atoms with Crippen LogP contribution in [0.25, 0.3) is 10.9 Å². The SMILES string of the molecule is Cc1nc2ccccc2c(N2CCC([C@H]3OCC[C@@H]3C(N)=O)CC2)c1C. The summed E-state index contributed by atoms with van der Waals surface area (Å²) in [5.41, 5.74) is 10.3. The summed E-state index contributed by atoms with van der Waals surface area (Å²) in [7, 11) is 0. The zero-order valence-corrected chi connectivity index (χ0v) is 15.6. The average molecular weight is 353 g/mol. The van der Waals surface area contributed by atoms with Crippen LogP contribution >= 0.6 is 0 Å². The molecule has 3 heterocycles. The first-order valence-corrected chi connectivity index (χ1v) is 9.58. The molecule has 2 N–H and O–H groups in total. The van der Waals surface area contributed by atoms with Gasteiger partial charge in [0.05, 0.1) is 23.2 Å². The lowest BCUT2D eigenvalue weighted by atomic mass is 9.83. The Morgan fingerprint density at radius 3 is 2.65 bits per heavy atom. The van der Waals surface area contributed by atoms with Crippen molar-refractivity contribution in [2.75, 3.05) is 24.6 Å². The fraction of sp³-hybridized carbons (Fsp3) is 0.524. The molecule has 0 saturated carbocycles. The number of nitrogens with zero attached hydrogens (tertiary/aromatic N) is 2. The van der Waals surface area contributed by atoms with Gasteiger partial charge in [-0.2, -0.15) is 0 Å². The Hall–Kier alpha value is -2.14. The largest absolute Gasteiger partial charge is 0.377 e. The first-order valence-electron chi connectivity index (χ1n) is 9.58. The maximum absolute atomic E-state index is 11.7. The number of pyridine rings is 1. The fourth-order valence-corrected chi connectivity index (χ4v) is 4.65. The van der Waals surface area contributed by atoms with E-state index in [1.807, 2.05) is 6.07 Å². The molecule has 2 fully saturated rings.